The van der Waals surface area contributed by atoms with Gasteiger partial charge in [-0.3, -0.25) is 0 Å². The van der Waals surface area contributed by atoms with Gasteiger partial charge in [-0.2, -0.15) is 0 Å². The van der Waals surface area contributed by atoms with E-state index in [0.29, 0.717) is 24.7 Å². The number of fused-ring (bicyclic) bond motifs is 4. The summed E-state index contributed by atoms with van der Waals surface area (Å²) in [5, 5.41) is 8.85. The Morgan fingerprint density at radius 1 is 0.574 bits per heavy atom. The molecule has 0 atom stereocenters. The van der Waals surface area contributed by atoms with Gasteiger partial charge in [-0.1, -0.05) is 51.4 Å². The zero-order valence-corrected chi connectivity index (χ0v) is 40.9. The molecule has 0 spiro atoms. The molecule has 0 aliphatic carbocycles. The van der Waals surface area contributed by atoms with E-state index in [2.05, 4.69) is 123 Å². The van der Waals surface area contributed by atoms with Gasteiger partial charge in [-0.25, -0.2) is 19.9 Å². The van der Waals surface area contributed by atoms with E-state index in [1.165, 1.54) is 11.1 Å². The third kappa shape index (κ3) is 13.1. The molecule has 4 bridgehead atoms. The average molecular weight is 1090 g/mol. The number of ether oxygens (including phenoxy) is 4. The van der Waals surface area contributed by atoms with Crippen LogP contribution >= 0.6 is 65.8 Å². The maximum absolute atomic E-state index is 6.05. The second-order valence-corrected chi connectivity index (χ2v) is 16.5. The fourth-order valence-corrected chi connectivity index (χ4v) is 7.88. The molecule has 4 heterocycles. The van der Waals surface area contributed by atoms with Crippen molar-refractivity contribution >= 4 is 111 Å². The third-order valence-electron chi connectivity index (χ3n) is 10.3. The summed E-state index contributed by atoms with van der Waals surface area (Å²) in [4.78, 5) is 22.6. The van der Waals surface area contributed by atoms with Gasteiger partial charge in [0.1, 0.15) is 24.3 Å². The molecule has 0 saturated carbocycles. The SMILES string of the molecule is Br.Br.C.COc1cc2ncnc3c2cc1OCCCCCN(C)Cc1ccc(Br)cc1N3.COc1cc2ncnc3c2cc1OCCCCCN(C)Cc1ccc(Br)cc1N3. The molecular formula is C45H56Br4N8O4. The number of benzene rings is 4. The zero-order valence-electron chi connectivity index (χ0n) is 34.3. The van der Waals surface area contributed by atoms with Crippen molar-refractivity contribution < 1.29 is 18.9 Å². The zero-order chi connectivity index (χ0) is 40.4. The Morgan fingerprint density at radius 3 is 1.41 bits per heavy atom. The quantitative estimate of drug-likeness (QED) is 0.172. The van der Waals surface area contributed by atoms with Crippen LogP contribution < -0.4 is 29.6 Å². The van der Waals surface area contributed by atoms with Crippen molar-refractivity contribution in [1.82, 2.24) is 29.7 Å². The first-order valence-electron chi connectivity index (χ1n) is 19.7. The van der Waals surface area contributed by atoms with E-state index < -0.39 is 0 Å². The number of anilines is 4. The minimum absolute atomic E-state index is 0. The highest BCUT2D eigenvalue weighted by Gasteiger charge is 2.17. The predicted octanol–water partition coefficient (Wildman–Crippen LogP) is 12.1. The first kappa shape index (κ1) is 49.9. The summed E-state index contributed by atoms with van der Waals surface area (Å²) in [5.41, 5.74) is 6.12. The van der Waals surface area contributed by atoms with Crippen molar-refractivity contribution in [1.29, 1.82) is 0 Å². The monoisotopic (exact) mass is 1090 g/mol. The summed E-state index contributed by atoms with van der Waals surface area (Å²) >= 11 is 7.19. The van der Waals surface area contributed by atoms with Crippen LogP contribution in [0.3, 0.4) is 0 Å². The molecule has 6 aromatic rings. The number of methoxy groups -OCH3 is 2. The van der Waals surface area contributed by atoms with E-state index in [4.69, 9.17) is 18.9 Å². The number of aromatic nitrogens is 4. The molecule has 8 rings (SSSR count). The lowest BCUT2D eigenvalue weighted by Crippen LogP contribution is -2.20. The number of halogens is 4. The first-order chi connectivity index (χ1) is 28.3. The van der Waals surface area contributed by atoms with Crippen LogP contribution in [0.5, 0.6) is 23.0 Å². The van der Waals surface area contributed by atoms with Gasteiger partial charge in [-0.15, -0.1) is 34.0 Å². The van der Waals surface area contributed by atoms with Crippen LogP contribution in [-0.4, -0.2) is 84.4 Å². The van der Waals surface area contributed by atoms with Gasteiger partial charge in [-0.05, 0) is 113 Å². The molecule has 12 nitrogen and oxygen atoms in total. The smallest absolute Gasteiger partial charge is 0.162 e. The van der Waals surface area contributed by atoms with E-state index in [1.54, 1.807) is 26.9 Å². The lowest BCUT2D eigenvalue weighted by molar-refractivity contribution is 0.275. The second kappa shape index (κ2) is 24.2. The molecule has 0 radical (unpaired) electrons. The standard InChI is InChI=1S/2C22H25BrN4O2.CH4.2BrH/c2*1-27-8-4-3-5-9-29-21-11-17-19(12-20(21)28-2)24-14-25-22(17)26-18-10-16(23)7-6-15(18)13-27;;;/h2*6-7,10-12,14H,3-5,8-9,13H2,1-2H3,(H,24,25,26);1H4;2*1H. The number of nitrogens with one attached hydrogen (secondary N) is 2. The van der Waals surface area contributed by atoms with E-state index in [-0.39, 0.29) is 41.4 Å². The van der Waals surface area contributed by atoms with Crippen LogP contribution in [0.4, 0.5) is 23.0 Å². The van der Waals surface area contributed by atoms with Gasteiger partial charge < -0.3 is 39.4 Å². The molecular weight excluding hydrogens is 1040 g/mol. The van der Waals surface area contributed by atoms with Gasteiger partial charge >= 0.3 is 0 Å². The fourth-order valence-electron chi connectivity index (χ4n) is 7.16. The Labute approximate surface area is 397 Å². The van der Waals surface area contributed by atoms with Gasteiger partial charge in [0.25, 0.3) is 0 Å². The summed E-state index contributed by atoms with van der Waals surface area (Å²) in [5.74, 6) is 4.32. The van der Waals surface area contributed by atoms with Crippen molar-refractivity contribution in [3.8, 4) is 23.0 Å². The van der Waals surface area contributed by atoms with E-state index in [9.17, 15) is 0 Å². The molecule has 61 heavy (non-hydrogen) atoms. The lowest BCUT2D eigenvalue weighted by atomic mass is 10.1. The number of hydrogen-bond donors (Lipinski definition) is 2. The summed E-state index contributed by atoms with van der Waals surface area (Å²) in [6.45, 7) is 5.15. The normalized spacial score (nSPS) is 14.9. The Balaban J connectivity index is 0.000000256. The summed E-state index contributed by atoms with van der Waals surface area (Å²) in [6.07, 6.45) is 9.69. The van der Waals surface area contributed by atoms with E-state index in [0.717, 1.165) is 130 Å². The molecule has 2 aromatic heterocycles. The molecule has 0 fully saturated rings. The molecule has 0 amide bonds. The highest BCUT2D eigenvalue weighted by atomic mass is 79.9. The lowest BCUT2D eigenvalue weighted by Gasteiger charge is -2.20. The molecule has 16 heteroatoms. The molecule has 4 aromatic carbocycles. The molecule has 0 unspecified atom stereocenters. The van der Waals surface area contributed by atoms with E-state index in [1.807, 2.05) is 24.3 Å². The molecule has 328 valence electrons. The largest absolute Gasteiger partial charge is 0.493 e. The molecule has 0 saturated heterocycles. The van der Waals surface area contributed by atoms with E-state index >= 15 is 0 Å². The number of hydrogen-bond acceptors (Lipinski definition) is 12. The van der Waals surface area contributed by atoms with Crippen molar-refractivity contribution in [2.75, 3.05) is 65.3 Å². The number of nitrogens with zero attached hydrogens (tertiary/aromatic N) is 6. The number of rotatable bonds is 2. The van der Waals surface area contributed by atoms with Crippen molar-refractivity contribution in [3.63, 3.8) is 0 Å². The first-order valence-corrected chi connectivity index (χ1v) is 21.3. The van der Waals surface area contributed by atoms with Gasteiger partial charge in [0.15, 0.2) is 23.0 Å². The molecule has 2 aliphatic heterocycles. The predicted molar refractivity (Wildman–Crippen MR) is 266 cm³/mol. The summed E-state index contributed by atoms with van der Waals surface area (Å²) < 4.78 is 25.2. The van der Waals surface area contributed by atoms with Crippen LogP contribution in [0, 0.1) is 0 Å². The highest BCUT2D eigenvalue weighted by Crippen LogP contribution is 2.38. The van der Waals surface area contributed by atoms with Crippen LogP contribution in [0.1, 0.15) is 57.1 Å². The van der Waals surface area contributed by atoms with Crippen LogP contribution in [0.2, 0.25) is 0 Å². The maximum Gasteiger partial charge on any atom is 0.162 e. The average Bonchev–Trinajstić information content (AvgIpc) is 3.22. The maximum atomic E-state index is 6.05. The second-order valence-electron chi connectivity index (χ2n) is 14.6. The molecule has 2 N–H and O–H groups in total. The molecule has 2 aliphatic rings. The Morgan fingerprint density at radius 2 is 1.00 bits per heavy atom. The van der Waals surface area contributed by atoms with Crippen molar-refractivity contribution in [2.24, 2.45) is 0 Å². The van der Waals surface area contributed by atoms with Gasteiger partial charge in [0, 0.05) is 56.3 Å². The third-order valence-corrected chi connectivity index (χ3v) is 11.2. The fraction of sp³-hybridized carbons (Fsp3) is 0.378. The minimum Gasteiger partial charge on any atom is -0.493 e. The van der Waals surface area contributed by atoms with Crippen molar-refractivity contribution in [3.05, 3.63) is 93.4 Å². The van der Waals surface area contributed by atoms with Crippen molar-refractivity contribution in [2.45, 2.75) is 59.0 Å². The summed E-state index contributed by atoms with van der Waals surface area (Å²) in [7, 11) is 7.63. The Bertz CT molecular complexity index is 2190. The Hall–Kier alpha value is -3.80. The Kier molecular flexibility index (Phi) is 19.7. The highest BCUT2D eigenvalue weighted by molar-refractivity contribution is 9.10. The van der Waals surface area contributed by atoms with Crippen LogP contribution in [0.15, 0.2) is 82.3 Å². The van der Waals surface area contributed by atoms with Crippen LogP contribution in [-0.2, 0) is 13.1 Å². The van der Waals surface area contributed by atoms with Crippen LogP contribution in [0.25, 0.3) is 21.8 Å². The van der Waals surface area contributed by atoms with Gasteiger partial charge in [0.2, 0.25) is 0 Å². The summed E-state index contributed by atoms with van der Waals surface area (Å²) in [6, 6.07) is 20.4. The topological polar surface area (TPSA) is 119 Å². The minimum atomic E-state index is 0. The van der Waals surface area contributed by atoms with Gasteiger partial charge in [0.05, 0.1) is 38.5 Å².